The van der Waals surface area contributed by atoms with Gasteiger partial charge in [-0.1, -0.05) is 6.42 Å². The number of thiophene rings is 1. The molecule has 1 aliphatic heterocycles. The summed E-state index contributed by atoms with van der Waals surface area (Å²) in [5.74, 6) is 0.0487. The summed E-state index contributed by atoms with van der Waals surface area (Å²) in [7, 11) is 0. The molecule has 2 aromatic rings. The van der Waals surface area contributed by atoms with Gasteiger partial charge in [-0.25, -0.2) is 0 Å². The first-order chi connectivity index (χ1) is 12.3. The van der Waals surface area contributed by atoms with Crippen molar-refractivity contribution in [2.75, 3.05) is 6.61 Å². The molecule has 4 rings (SSSR count). The molecule has 0 spiro atoms. The Morgan fingerprint density at radius 3 is 2.88 bits per heavy atom. The molecule has 1 saturated heterocycles. The molecule has 0 radical (unpaired) electrons. The lowest BCUT2D eigenvalue weighted by Crippen LogP contribution is -2.42. The van der Waals surface area contributed by atoms with Crippen molar-refractivity contribution in [2.45, 2.75) is 57.1 Å². The number of carbonyl (C=O) groups excluding carboxylic acids is 1. The van der Waals surface area contributed by atoms with Gasteiger partial charge in [0.25, 0.3) is 5.91 Å². The number of ether oxygens (including phenoxy) is 1. The number of hydrogen-bond acceptors (Lipinski definition) is 4. The smallest absolute Gasteiger partial charge is 0.261 e. The quantitative estimate of drug-likeness (QED) is 0.844. The van der Waals surface area contributed by atoms with Crippen molar-refractivity contribution in [2.24, 2.45) is 0 Å². The maximum Gasteiger partial charge on any atom is 0.261 e. The van der Waals surface area contributed by atoms with Crippen LogP contribution in [-0.2, 0) is 17.6 Å². The van der Waals surface area contributed by atoms with E-state index >= 15 is 0 Å². The molecule has 132 valence electrons. The largest absolute Gasteiger partial charge is 0.371 e. The zero-order chi connectivity index (χ0) is 17.1. The van der Waals surface area contributed by atoms with Gasteiger partial charge in [0.05, 0.1) is 10.9 Å². The topological polar surface area (TPSA) is 51.2 Å². The lowest BCUT2D eigenvalue weighted by molar-refractivity contribution is -0.00945. The van der Waals surface area contributed by atoms with Crippen molar-refractivity contribution in [3.63, 3.8) is 0 Å². The maximum atomic E-state index is 12.8. The summed E-state index contributed by atoms with van der Waals surface area (Å²) in [5.41, 5.74) is 2.47. The van der Waals surface area contributed by atoms with Gasteiger partial charge in [0, 0.05) is 23.9 Å². The summed E-state index contributed by atoms with van der Waals surface area (Å²) < 4.78 is 5.97. The molecule has 4 nitrogen and oxygen atoms in total. The molecule has 25 heavy (non-hydrogen) atoms. The van der Waals surface area contributed by atoms with Crippen LogP contribution in [0.15, 0.2) is 30.6 Å². The van der Waals surface area contributed by atoms with Gasteiger partial charge in [0.2, 0.25) is 0 Å². The molecule has 2 aliphatic rings. The molecular weight excluding hydrogens is 332 g/mol. The van der Waals surface area contributed by atoms with Gasteiger partial charge in [-0.2, -0.15) is 0 Å². The molecule has 0 aromatic carbocycles. The molecule has 1 aliphatic carbocycles. The van der Waals surface area contributed by atoms with Crippen molar-refractivity contribution in [3.05, 3.63) is 51.5 Å². The Labute approximate surface area is 152 Å². The highest BCUT2D eigenvalue weighted by Crippen LogP contribution is 2.31. The average molecular weight is 356 g/mol. The second kappa shape index (κ2) is 7.67. The fourth-order valence-corrected chi connectivity index (χ4v) is 4.99. The van der Waals surface area contributed by atoms with Crippen LogP contribution < -0.4 is 5.32 Å². The predicted octanol–water partition coefficient (Wildman–Crippen LogP) is 4.06. The highest BCUT2D eigenvalue weighted by molar-refractivity contribution is 7.14. The van der Waals surface area contributed by atoms with E-state index < -0.39 is 0 Å². The van der Waals surface area contributed by atoms with Crippen LogP contribution in [0.4, 0.5) is 0 Å². The van der Waals surface area contributed by atoms with E-state index in [4.69, 9.17) is 4.74 Å². The van der Waals surface area contributed by atoms with E-state index in [0.29, 0.717) is 0 Å². The summed E-state index contributed by atoms with van der Waals surface area (Å²) in [6.07, 6.45) is 11.4. The van der Waals surface area contributed by atoms with Crippen molar-refractivity contribution in [3.8, 4) is 0 Å². The minimum atomic E-state index is -0.0847. The highest BCUT2D eigenvalue weighted by atomic mass is 32.1. The molecule has 2 atom stereocenters. The molecule has 0 saturated carbocycles. The first-order valence-corrected chi connectivity index (χ1v) is 10.1. The number of carbonyl (C=O) groups is 1. The third-order valence-electron chi connectivity index (χ3n) is 5.14. The molecular formula is C20H24N2O2S. The van der Waals surface area contributed by atoms with E-state index in [1.807, 2.05) is 12.1 Å². The Kier molecular flexibility index (Phi) is 5.13. The van der Waals surface area contributed by atoms with Gasteiger partial charge in [-0.05, 0) is 67.9 Å². The predicted molar refractivity (Wildman–Crippen MR) is 99.0 cm³/mol. The number of fused-ring (bicyclic) bond motifs is 1. The van der Waals surface area contributed by atoms with E-state index in [1.165, 1.54) is 29.7 Å². The minimum Gasteiger partial charge on any atom is -0.371 e. The second-order valence-corrected chi connectivity index (χ2v) is 8.05. The van der Waals surface area contributed by atoms with Crippen molar-refractivity contribution >= 4 is 17.2 Å². The number of nitrogens with zero attached hydrogens (tertiary/aromatic N) is 1. The average Bonchev–Trinajstić information content (AvgIpc) is 2.94. The first kappa shape index (κ1) is 16.7. The Balaban J connectivity index is 1.49. The normalized spacial score (nSPS) is 23.5. The number of aromatic nitrogens is 1. The molecule has 3 heterocycles. The van der Waals surface area contributed by atoms with E-state index in [0.717, 1.165) is 42.7 Å². The molecule has 5 heteroatoms. The number of pyridine rings is 1. The fourth-order valence-electron chi connectivity index (χ4n) is 3.83. The lowest BCUT2D eigenvalue weighted by Gasteiger charge is -2.32. The van der Waals surface area contributed by atoms with Gasteiger partial charge < -0.3 is 10.1 Å². The van der Waals surface area contributed by atoms with Crippen LogP contribution in [0.2, 0.25) is 0 Å². The van der Waals surface area contributed by atoms with Crippen molar-refractivity contribution in [1.82, 2.24) is 10.3 Å². The standard InChI is InChI=1S/C20H24N2O2S/c23-20(18-13-15-5-2-1-3-7-17(15)25-18)22-16-6-4-12-24-19(16)14-8-10-21-11-9-14/h8-11,13,16,19H,1-7,12H2,(H,22,23)/t16-,19+/m0/s1. The fraction of sp³-hybridized carbons (Fsp3) is 0.500. The van der Waals surface area contributed by atoms with Crippen LogP contribution in [-0.4, -0.2) is 23.5 Å². The monoisotopic (exact) mass is 356 g/mol. The number of amides is 1. The van der Waals surface area contributed by atoms with E-state index in [-0.39, 0.29) is 18.1 Å². The summed E-state index contributed by atoms with van der Waals surface area (Å²) in [6, 6.07) is 6.09. The summed E-state index contributed by atoms with van der Waals surface area (Å²) >= 11 is 1.68. The van der Waals surface area contributed by atoms with Gasteiger partial charge in [0.1, 0.15) is 6.10 Å². The minimum absolute atomic E-state index is 0.0190. The lowest BCUT2D eigenvalue weighted by atomic mass is 9.96. The Morgan fingerprint density at radius 2 is 2.00 bits per heavy atom. The highest BCUT2D eigenvalue weighted by Gasteiger charge is 2.29. The molecule has 1 N–H and O–H groups in total. The third kappa shape index (κ3) is 3.77. The van der Waals surface area contributed by atoms with Crippen LogP contribution in [0.5, 0.6) is 0 Å². The molecule has 0 bridgehead atoms. The van der Waals surface area contributed by atoms with Crippen LogP contribution in [0, 0.1) is 0 Å². The van der Waals surface area contributed by atoms with E-state index in [9.17, 15) is 4.79 Å². The molecule has 1 amide bonds. The van der Waals surface area contributed by atoms with Crippen LogP contribution >= 0.6 is 11.3 Å². The summed E-state index contributed by atoms with van der Waals surface area (Å²) in [5, 5.41) is 3.23. The second-order valence-electron chi connectivity index (χ2n) is 6.91. The van der Waals surface area contributed by atoms with Crippen molar-refractivity contribution in [1.29, 1.82) is 0 Å². The van der Waals surface area contributed by atoms with E-state index in [1.54, 1.807) is 23.7 Å². The Hall–Kier alpha value is -1.72. The Bertz CT molecular complexity index is 705. The SMILES string of the molecule is O=C(N[C@H]1CCCO[C@@H]1c1ccncc1)c1cc2c(s1)CCCCC2. The number of nitrogens with one attached hydrogen (secondary N) is 1. The first-order valence-electron chi connectivity index (χ1n) is 9.25. The number of aryl methyl sites for hydroxylation is 2. The van der Waals surface area contributed by atoms with Gasteiger partial charge in [-0.15, -0.1) is 11.3 Å². The maximum absolute atomic E-state index is 12.8. The van der Waals surface area contributed by atoms with Gasteiger partial charge in [-0.3, -0.25) is 9.78 Å². The van der Waals surface area contributed by atoms with Gasteiger partial charge in [0.15, 0.2) is 0 Å². The molecule has 1 fully saturated rings. The summed E-state index contributed by atoms with van der Waals surface area (Å²) in [4.78, 5) is 19.2. The Morgan fingerprint density at radius 1 is 1.16 bits per heavy atom. The zero-order valence-corrected chi connectivity index (χ0v) is 15.2. The van der Waals surface area contributed by atoms with E-state index in [2.05, 4.69) is 16.4 Å². The third-order valence-corrected chi connectivity index (χ3v) is 6.38. The molecule has 2 aromatic heterocycles. The van der Waals surface area contributed by atoms with Crippen LogP contribution in [0.25, 0.3) is 0 Å². The van der Waals surface area contributed by atoms with Crippen LogP contribution in [0.1, 0.15) is 63.9 Å². The number of hydrogen-bond donors (Lipinski definition) is 1. The zero-order valence-electron chi connectivity index (χ0n) is 14.4. The molecule has 0 unspecified atom stereocenters. The van der Waals surface area contributed by atoms with Crippen molar-refractivity contribution < 1.29 is 9.53 Å². The van der Waals surface area contributed by atoms with Gasteiger partial charge >= 0.3 is 0 Å². The summed E-state index contributed by atoms with van der Waals surface area (Å²) in [6.45, 7) is 0.743. The number of rotatable bonds is 3. The van der Waals surface area contributed by atoms with Crippen LogP contribution in [0.3, 0.4) is 0 Å².